The summed E-state index contributed by atoms with van der Waals surface area (Å²) in [6.07, 6.45) is 7.45. The summed E-state index contributed by atoms with van der Waals surface area (Å²) < 4.78 is 0. The fraction of sp³-hybridized carbons (Fsp3) is 0.447. The van der Waals surface area contributed by atoms with Gasteiger partial charge in [0.15, 0.2) is 0 Å². The van der Waals surface area contributed by atoms with Crippen molar-refractivity contribution in [2.75, 3.05) is 19.3 Å². The van der Waals surface area contributed by atoms with Crippen LogP contribution in [0.2, 0.25) is 0 Å². The highest BCUT2D eigenvalue weighted by atomic mass is 32.2. The molecule has 0 bridgehead atoms. The number of benzene rings is 3. The van der Waals surface area contributed by atoms with E-state index in [1.807, 2.05) is 23.1 Å². The monoisotopic (exact) mass is 638 g/mol. The van der Waals surface area contributed by atoms with Gasteiger partial charge in [-0.2, -0.15) is 0 Å². The van der Waals surface area contributed by atoms with Crippen LogP contribution in [0.3, 0.4) is 0 Å². The van der Waals surface area contributed by atoms with Crippen molar-refractivity contribution < 1.29 is 14.4 Å². The van der Waals surface area contributed by atoms with E-state index in [9.17, 15) is 14.4 Å². The number of hydrogen-bond donors (Lipinski definition) is 3. The standard InChI is InChI=1S/C38H46N4O3S/c1-39-26-33(43)40-32-21-24-46-34-25-38(22-19-27-11-4-2-5-12-27,23-20-28-13-6-3-7-14-28)35(42(34)37(32)45)36(44)41-31-18-10-16-29-15-8-9-17-30(29)31/h2-9,11-15,17,31-32,34-35,39H,10,16,18-26H2,1H3,(H,40,43)(H,41,44). The first-order valence-electron chi connectivity index (χ1n) is 16.8. The minimum Gasteiger partial charge on any atom is -0.347 e. The van der Waals surface area contributed by atoms with Crippen LogP contribution in [0.4, 0.5) is 0 Å². The predicted molar refractivity (Wildman–Crippen MR) is 184 cm³/mol. The molecular weight excluding hydrogens is 593 g/mol. The largest absolute Gasteiger partial charge is 0.347 e. The molecule has 0 saturated carbocycles. The van der Waals surface area contributed by atoms with Gasteiger partial charge in [-0.1, -0.05) is 84.9 Å². The maximum Gasteiger partial charge on any atom is 0.246 e. The van der Waals surface area contributed by atoms with E-state index >= 15 is 0 Å². The van der Waals surface area contributed by atoms with Crippen molar-refractivity contribution in [2.24, 2.45) is 5.41 Å². The number of amides is 3. The van der Waals surface area contributed by atoms with Crippen LogP contribution >= 0.6 is 11.8 Å². The highest BCUT2D eigenvalue weighted by Gasteiger charge is 2.58. The molecule has 3 aromatic carbocycles. The number of carbonyl (C=O) groups is 3. The summed E-state index contributed by atoms with van der Waals surface area (Å²) in [5.41, 5.74) is 4.51. The van der Waals surface area contributed by atoms with Crippen molar-refractivity contribution in [3.8, 4) is 0 Å². The highest BCUT2D eigenvalue weighted by Crippen LogP contribution is 2.52. The lowest BCUT2D eigenvalue weighted by Crippen LogP contribution is -2.58. The molecule has 2 saturated heterocycles. The average Bonchev–Trinajstić information content (AvgIpc) is 3.33. The van der Waals surface area contributed by atoms with Gasteiger partial charge in [-0.15, -0.1) is 11.8 Å². The Kier molecular flexibility index (Phi) is 10.4. The highest BCUT2D eigenvalue weighted by molar-refractivity contribution is 7.99. The second kappa shape index (κ2) is 14.9. The Balaban J connectivity index is 1.37. The van der Waals surface area contributed by atoms with E-state index in [4.69, 9.17) is 0 Å². The van der Waals surface area contributed by atoms with Crippen molar-refractivity contribution in [2.45, 2.75) is 81.3 Å². The minimum atomic E-state index is -0.650. The number of likely N-dealkylation sites (N-methyl/N-ethyl adjacent to an activating group) is 1. The molecule has 2 heterocycles. The zero-order valence-corrected chi connectivity index (χ0v) is 27.6. The molecule has 2 fully saturated rings. The van der Waals surface area contributed by atoms with Crippen LogP contribution in [-0.4, -0.2) is 59.4 Å². The van der Waals surface area contributed by atoms with Crippen LogP contribution in [-0.2, 0) is 33.6 Å². The summed E-state index contributed by atoms with van der Waals surface area (Å²) in [4.78, 5) is 44.0. The normalized spacial score (nSPS) is 23.6. The molecule has 8 heteroatoms. The van der Waals surface area contributed by atoms with E-state index in [1.165, 1.54) is 22.3 Å². The van der Waals surface area contributed by atoms with Crippen molar-refractivity contribution in [3.63, 3.8) is 0 Å². The smallest absolute Gasteiger partial charge is 0.246 e. The van der Waals surface area contributed by atoms with Gasteiger partial charge < -0.3 is 20.9 Å². The minimum absolute atomic E-state index is 0.0681. The summed E-state index contributed by atoms with van der Waals surface area (Å²) in [5.74, 6) is 0.337. The van der Waals surface area contributed by atoms with Gasteiger partial charge in [0, 0.05) is 5.41 Å². The molecule has 3 amide bonds. The molecular formula is C38H46N4O3S. The summed E-state index contributed by atoms with van der Waals surface area (Å²) in [6, 6.07) is 28.0. The van der Waals surface area contributed by atoms with E-state index in [1.54, 1.807) is 18.8 Å². The molecule has 0 radical (unpaired) electrons. The number of hydrogen-bond acceptors (Lipinski definition) is 5. The lowest BCUT2D eigenvalue weighted by molar-refractivity contribution is -0.144. The molecule has 6 rings (SSSR count). The Morgan fingerprint density at radius 1 is 0.848 bits per heavy atom. The van der Waals surface area contributed by atoms with Gasteiger partial charge in [0.2, 0.25) is 17.7 Å². The van der Waals surface area contributed by atoms with Gasteiger partial charge in [0.1, 0.15) is 12.1 Å². The number of fused-ring (bicyclic) bond motifs is 2. The van der Waals surface area contributed by atoms with Crippen LogP contribution in [0.1, 0.15) is 66.8 Å². The Morgan fingerprint density at radius 3 is 2.17 bits per heavy atom. The number of aryl methyl sites for hydroxylation is 3. The Hall–Kier alpha value is -3.62. The number of thioether (sulfide) groups is 1. The maximum absolute atomic E-state index is 14.9. The fourth-order valence-electron chi connectivity index (χ4n) is 7.83. The predicted octanol–water partition coefficient (Wildman–Crippen LogP) is 5.20. The number of nitrogens with one attached hydrogen (secondary N) is 3. The number of carbonyl (C=O) groups excluding carboxylic acids is 3. The molecule has 3 aliphatic rings. The van der Waals surface area contributed by atoms with Gasteiger partial charge in [0.05, 0.1) is 18.0 Å². The summed E-state index contributed by atoms with van der Waals surface area (Å²) in [5, 5.41) is 9.22. The SMILES string of the molecule is CNCC(=O)NC1CCSC2CC(CCc3ccccc3)(CCc3ccccc3)C(C(=O)NC3CCCc4ccccc43)N2C1=O. The van der Waals surface area contributed by atoms with Crippen molar-refractivity contribution in [1.82, 2.24) is 20.9 Å². The number of nitrogens with zero attached hydrogens (tertiary/aromatic N) is 1. The van der Waals surface area contributed by atoms with Crippen LogP contribution in [0.25, 0.3) is 0 Å². The zero-order chi connectivity index (χ0) is 31.9. The summed E-state index contributed by atoms with van der Waals surface area (Å²) in [7, 11) is 1.72. The zero-order valence-electron chi connectivity index (χ0n) is 26.8. The molecule has 3 aromatic rings. The third-order valence-corrected chi connectivity index (χ3v) is 11.4. The lowest BCUT2D eigenvalue weighted by Gasteiger charge is -2.39. The molecule has 242 valence electrons. The van der Waals surface area contributed by atoms with Gasteiger partial charge in [-0.05, 0) is 92.8 Å². The van der Waals surface area contributed by atoms with Crippen LogP contribution < -0.4 is 16.0 Å². The molecule has 46 heavy (non-hydrogen) atoms. The van der Waals surface area contributed by atoms with Gasteiger partial charge in [-0.25, -0.2) is 0 Å². The molecule has 7 nitrogen and oxygen atoms in total. The van der Waals surface area contributed by atoms with Crippen LogP contribution in [0.15, 0.2) is 84.9 Å². The van der Waals surface area contributed by atoms with E-state index in [0.29, 0.717) is 6.42 Å². The summed E-state index contributed by atoms with van der Waals surface area (Å²) in [6.45, 7) is 0.142. The molecule has 4 unspecified atom stereocenters. The molecule has 1 aliphatic carbocycles. The topological polar surface area (TPSA) is 90.5 Å². The second-order valence-corrected chi connectivity index (χ2v) is 14.4. The van der Waals surface area contributed by atoms with Gasteiger partial charge >= 0.3 is 0 Å². The lowest BCUT2D eigenvalue weighted by atomic mass is 9.71. The first kappa shape index (κ1) is 32.3. The molecule has 3 N–H and O–H groups in total. The third kappa shape index (κ3) is 7.18. The summed E-state index contributed by atoms with van der Waals surface area (Å²) >= 11 is 1.76. The number of rotatable bonds is 11. The second-order valence-electron chi connectivity index (χ2n) is 13.1. The molecule has 0 aromatic heterocycles. The van der Waals surface area contributed by atoms with Crippen molar-refractivity contribution >= 4 is 29.5 Å². The van der Waals surface area contributed by atoms with Crippen molar-refractivity contribution in [3.05, 3.63) is 107 Å². The Bertz CT molecular complexity index is 1460. The van der Waals surface area contributed by atoms with Crippen molar-refractivity contribution in [1.29, 1.82) is 0 Å². The third-order valence-electron chi connectivity index (χ3n) is 10.1. The first-order valence-corrected chi connectivity index (χ1v) is 17.9. The van der Waals surface area contributed by atoms with Gasteiger partial charge in [-0.3, -0.25) is 14.4 Å². The maximum atomic E-state index is 14.9. The molecule has 4 atom stereocenters. The van der Waals surface area contributed by atoms with E-state index in [0.717, 1.165) is 57.1 Å². The first-order chi connectivity index (χ1) is 22.5. The van der Waals surface area contributed by atoms with Gasteiger partial charge in [0.25, 0.3) is 0 Å². The Morgan fingerprint density at radius 2 is 1.50 bits per heavy atom. The van der Waals surface area contributed by atoms with E-state index in [-0.39, 0.29) is 35.7 Å². The molecule has 0 spiro atoms. The Labute approximate surface area is 277 Å². The van der Waals surface area contributed by atoms with Crippen LogP contribution in [0.5, 0.6) is 0 Å². The molecule has 2 aliphatic heterocycles. The van der Waals surface area contributed by atoms with Crippen LogP contribution in [0, 0.1) is 5.41 Å². The quantitative estimate of drug-likeness (QED) is 0.269. The average molecular weight is 639 g/mol. The fourth-order valence-corrected chi connectivity index (χ4v) is 9.31. The van der Waals surface area contributed by atoms with E-state index < -0.39 is 17.5 Å². The van der Waals surface area contributed by atoms with E-state index in [2.05, 4.69) is 82.7 Å².